The Hall–Kier alpha value is -1.72. The second-order valence-electron chi connectivity index (χ2n) is 4.35. The van der Waals surface area contributed by atoms with E-state index in [9.17, 15) is 4.79 Å². The van der Waals surface area contributed by atoms with Crippen molar-refractivity contribution in [2.45, 2.75) is 25.9 Å². The molecule has 100 valence electrons. The number of rotatable bonds is 5. The topological polar surface area (TPSA) is 62.2 Å². The molecule has 0 fully saturated rings. The van der Waals surface area contributed by atoms with Crippen LogP contribution < -0.4 is 5.32 Å². The zero-order valence-electron chi connectivity index (χ0n) is 10.7. The number of aromatic nitrogens is 1. The smallest absolute Gasteiger partial charge is 0.224 e. The molecule has 0 radical (unpaired) electrons. The van der Waals surface area contributed by atoms with Crippen LogP contribution in [0.2, 0.25) is 0 Å². The molecule has 5 heteroatoms. The van der Waals surface area contributed by atoms with E-state index in [4.69, 9.17) is 5.11 Å². The number of carbonyl (C=O) groups excluding carboxylic acids is 1. The van der Waals surface area contributed by atoms with Gasteiger partial charge in [-0.3, -0.25) is 4.79 Å². The molecule has 1 amide bonds. The predicted octanol–water partition coefficient (Wildman–Crippen LogP) is 2.91. The molecule has 2 aromatic rings. The lowest BCUT2D eigenvalue weighted by atomic mass is 10.2. The number of anilines is 1. The first-order chi connectivity index (χ1) is 9.15. The number of aliphatic hydroxyl groups excluding tert-OH is 1. The summed E-state index contributed by atoms with van der Waals surface area (Å²) in [6, 6.07) is 7.60. The summed E-state index contributed by atoms with van der Waals surface area (Å²) in [6.45, 7) is 1.68. The Morgan fingerprint density at radius 2 is 2.37 bits per heavy atom. The molecule has 1 aromatic carbocycles. The summed E-state index contributed by atoms with van der Waals surface area (Å²) in [7, 11) is 0. The van der Waals surface area contributed by atoms with Gasteiger partial charge in [-0.2, -0.15) is 0 Å². The highest BCUT2D eigenvalue weighted by Gasteiger charge is 2.06. The Bertz CT molecular complexity index is 538. The van der Waals surface area contributed by atoms with Gasteiger partial charge in [0.05, 0.1) is 6.10 Å². The summed E-state index contributed by atoms with van der Waals surface area (Å²) in [5, 5.41) is 14.8. The lowest BCUT2D eigenvalue weighted by Crippen LogP contribution is -2.13. The number of benzene rings is 1. The maximum atomic E-state index is 11.7. The van der Waals surface area contributed by atoms with Gasteiger partial charge in [0.15, 0.2) is 0 Å². The average Bonchev–Trinajstić information content (AvgIpc) is 2.90. The van der Waals surface area contributed by atoms with E-state index in [2.05, 4.69) is 10.3 Å². The molecule has 0 bridgehead atoms. The Morgan fingerprint density at radius 3 is 3.05 bits per heavy atom. The van der Waals surface area contributed by atoms with E-state index >= 15 is 0 Å². The number of thiazole rings is 1. The van der Waals surface area contributed by atoms with E-state index < -0.39 is 6.10 Å². The Morgan fingerprint density at radius 1 is 1.53 bits per heavy atom. The van der Waals surface area contributed by atoms with Crippen LogP contribution >= 0.6 is 11.3 Å². The highest BCUT2D eigenvalue weighted by atomic mass is 32.1. The molecule has 4 nitrogen and oxygen atoms in total. The van der Waals surface area contributed by atoms with Gasteiger partial charge in [-0.05, 0) is 25.5 Å². The van der Waals surface area contributed by atoms with Gasteiger partial charge in [-0.15, -0.1) is 11.3 Å². The molecule has 0 spiro atoms. The molecule has 1 unspecified atom stereocenters. The molecular formula is C14H16N2O2S. The Labute approximate surface area is 116 Å². The fraction of sp³-hybridized carbons (Fsp3) is 0.286. The van der Waals surface area contributed by atoms with E-state index in [-0.39, 0.29) is 5.91 Å². The quantitative estimate of drug-likeness (QED) is 0.882. The van der Waals surface area contributed by atoms with Crippen LogP contribution in [0, 0.1) is 0 Å². The minimum atomic E-state index is -0.451. The van der Waals surface area contributed by atoms with Crippen LogP contribution in [0.1, 0.15) is 19.8 Å². The van der Waals surface area contributed by atoms with Crippen molar-refractivity contribution >= 4 is 22.9 Å². The molecule has 0 aliphatic carbocycles. The van der Waals surface area contributed by atoms with Crippen molar-refractivity contribution in [3.05, 3.63) is 35.8 Å². The predicted molar refractivity (Wildman–Crippen MR) is 77.1 cm³/mol. The van der Waals surface area contributed by atoms with Gasteiger partial charge >= 0.3 is 0 Å². The molecule has 2 N–H and O–H groups in total. The molecule has 0 aliphatic rings. The Kier molecular flexibility index (Phi) is 4.65. The summed E-state index contributed by atoms with van der Waals surface area (Å²) < 4.78 is 0. The van der Waals surface area contributed by atoms with Crippen LogP contribution in [-0.2, 0) is 4.79 Å². The molecule has 0 saturated carbocycles. The zero-order chi connectivity index (χ0) is 13.7. The number of hydrogen-bond acceptors (Lipinski definition) is 4. The first-order valence-corrected chi connectivity index (χ1v) is 7.01. The van der Waals surface area contributed by atoms with E-state index in [1.807, 2.05) is 29.6 Å². The molecule has 0 saturated heterocycles. The monoisotopic (exact) mass is 276 g/mol. The number of hydrogen-bond donors (Lipinski definition) is 2. The minimum Gasteiger partial charge on any atom is -0.393 e. The maximum absolute atomic E-state index is 11.7. The van der Waals surface area contributed by atoms with Crippen LogP contribution in [0.25, 0.3) is 10.6 Å². The van der Waals surface area contributed by atoms with Crippen LogP contribution in [0.3, 0.4) is 0 Å². The standard InChI is InChI=1S/C14H16N2O2S/c1-10(17)5-6-13(18)16-12-4-2-3-11(9-12)14-15-7-8-19-14/h2-4,7-10,17H,5-6H2,1H3,(H,16,18). The second-order valence-corrected chi connectivity index (χ2v) is 5.25. The highest BCUT2D eigenvalue weighted by Crippen LogP contribution is 2.24. The normalized spacial score (nSPS) is 12.1. The van der Waals surface area contributed by atoms with Crippen molar-refractivity contribution in [1.82, 2.24) is 4.98 Å². The fourth-order valence-electron chi connectivity index (χ4n) is 1.66. The zero-order valence-corrected chi connectivity index (χ0v) is 11.5. The fourth-order valence-corrected chi connectivity index (χ4v) is 2.29. The summed E-state index contributed by atoms with van der Waals surface area (Å²) in [5.74, 6) is -0.0859. The van der Waals surface area contributed by atoms with E-state index in [1.54, 1.807) is 24.5 Å². The molecule has 2 rings (SSSR count). The van der Waals surface area contributed by atoms with Crippen molar-refractivity contribution in [3.8, 4) is 10.6 Å². The van der Waals surface area contributed by atoms with E-state index in [1.165, 1.54) is 0 Å². The summed E-state index contributed by atoms with van der Waals surface area (Å²) >= 11 is 1.56. The molecule has 19 heavy (non-hydrogen) atoms. The SMILES string of the molecule is CC(O)CCC(=O)Nc1cccc(-c2nccs2)c1. The van der Waals surface area contributed by atoms with Crippen molar-refractivity contribution in [1.29, 1.82) is 0 Å². The number of amides is 1. The first kappa shape index (κ1) is 13.7. The lowest BCUT2D eigenvalue weighted by molar-refractivity contribution is -0.116. The first-order valence-electron chi connectivity index (χ1n) is 6.13. The number of aliphatic hydroxyl groups is 1. The lowest BCUT2D eigenvalue weighted by Gasteiger charge is -2.07. The molecule has 1 atom stereocenters. The van der Waals surface area contributed by atoms with Gasteiger partial charge in [0, 0.05) is 29.2 Å². The van der Waals surface area contributed by atoms with Crippen LogP contribution in [-0.4, -0.2) is 22.1 Å². The minimum absolute atomic E-state index is 0.0859. The summed E-state index contributed by atoms with van der Waals surface area (Å²) in [4.78, 5) is 15.9. The van der Waals surface area contributed by atoms with E-state index in [0.717, 1.165) is 16.3 Å². The molecule has 0 aliphatic heterocycles. The van der Waals surface area contributed by atoms with Crippen molar-refractivity contribution in [2.75, 3.05) is 5.32 Å². The molecule has 1 heterocycles. The second kappa shape index (κ2) is 6.45. The average molecular weight is 276 g/mol. The van der Waals surface area contributed by atoms with Gasteiger partial charge in [0.25, 0.3) is 0 Å². The van der Waals surface area contributed by atoms with Crippen molar-refractivity contribution in [3.63, 3.8) is 0 Å². The van der Waals surface area contributed by atoms with Crippen molar-refractivity contribution < 1.29 is 9.90 Å². The third-order valence-corrected chi connectivity index (χ3v) is 3.44. The van der Waals surface area contributed by atoms with Crippen LogP contribution in [0.5, 0.6) is 0 Å². The number of nitrogens with one attached hydrogen (secondary N) is 1. The highest BCUT2D eigenvalue weighted by molar-refractivity contribution is 7.13. The Balaban J connectivity index is 2.01. The van der Waals surface area contributed by atoms with Gasteiger partial charge < -0.3 is 10.4 Å². The van der Waals surface area contributed by atoms with E-state index in [0.29, 0.717) is 12.8 Å². The molecule has 1 aromatic heterocycles. The van der Waals surface area contributed by atoms with Gasteiger partial charge in [0.1, 0.15) is 5.01 Å². The van der Waals surface area contributed by atoms with Crippen LogP contribution in [0.15, 0.2) is 35.8 Å². The van der Waals surface area contributed by atoms with Crippen molar-refractivity contribution in [2.24, 2.45) is 0 Å². The van der Waals surface area contributed by atoms with Gasteiger partial charge in [-0.1, -0.05) is 12.1 Å². The van der Waals surface area contributed by atoms with Crippen LogP contribution in [0.4, 0.5) is 5.69 Å². The van der Waals surface area contributed by atoms with Gasteiger partial charge in [-0.25, -0.2) is 4.98 Å². The largest absolute Gasteiger partial charge is 0.393 e. The summed E-state index contributed by atoms with van der Waals surface area (Å²) in [6.07, 6.45) is 2.10. The molecular weight excluding hydrogens is 260 g/mol. The third-order valence-electron chi connectivity index (χ3n) is 2.61. The number of nitrogens with zero attached hydrogens (tertiary/aromatic N) is 1. The van der Waals surface area contributed by atoms with Gasteiger partial charge in [0.2, 0.25) is 5.91 Å². The third kappa shape index (κ3) is 4.15. The maximum Gasteiger partial charge on any atom is 0.224 e. The summed E-state index contributed by atoms with van der Waals surface area (Å²) in [5.41, 5.74) is 1.74. The number of carbonyl (C=O) groups is 1.